The zero-order chi connectivity index (χ0) is 12.0. The molecule has 0 aliphatic rings. The number of hydrogen-bond donors (Lipinski definition) is 4. The fourth-order valence-electron chi connectivity index (χ4n) is 0.609. The van der Waals surface area contributed by atoms with E-state index in [1.807, 2.05) is 0 Å². The van der Waals surface area contributed by atoms with Crippen molar-refractivity contribution >= 4 is 11.9 Å². The van der Waals surface area contributed by atoms with Crippen LogP contribution in [-0.4, -0.2) is 53.0 Å². The van der Waals surface area contributed by atoms with Gasteiger partial charge in [0.1, 0.15) is 0 Å². The van der Waals surface area contributed by atoms with Crippen LogP contribution in [0.15, 0.2) is 12.4 Å². The van der Waals surface area contributed by atoms with E-state index in [9.17, 15) is 9.59 Å². The van der Waals surface area contributed by atoms with Crippen LogP contribution >= 0.6 is 0 Å². The van der Waals surface area contributed by atoms with E-state index >= 15 is 0 Å². The Balaban J connectivity index is 0.000000284. The monoisotopic (exact) mass is 289 g/mol. The van der Waals surface area contributed by atoms with Crippen LogP contribution in [0.5, 0.6) is 0 Å². The van der Waals surface area contributed by atoms with Gasteiger partial charge in [-0.25, -0.2) is 9.59 Å². The summed E-state index contributed by atoms with van der Waals surface area (Å²) < 4.78 is 0. The van der Waals surface area contributed by atoms with Crippen molar-refractivity contribution in [1.29, 1.82) is 0 Å². The number of aromatic nitrogens is 6. The molecule has 0 aromatic carbocycles. The Morgan fingerprint density at radius 3 is 1.41 bits per heavy atom. The van der Waals surface area contributed by atoms with Crippen molar-refractivity contribution < 1.29 is 36.9 Å². The Bertz CT molecular complexity index is 411. The van der Waals surface area contributed by atoms with Crippen LogP contribution in [0, 0.1) is 0 Å². The van der Waals surface area contributed by atoms with Crippen molar-refractivity contribution in [1.82, 2.24) is 30.8 Å². The largest absolute Gasteiger partial charge is 0.476 e. The summed E-state index contributed by atoms with van der Waals surface area (Å²) in [7, 11) is 0. The quantitative estimate of drug-likeness (QED) is 0.513. The number of carbonyl (C=O) groups is 2. The molecule has 2 aromatic heterocycles. The molecule has 2 aromatic rings. The first-order valence-corrected chi connectivity index (χ1v) is 3.79. The van der Waals surface area contributed by atoms with Gasteiger partial charge >= 0.3 is 11.9 Å². The van der Waals surface area contributed by atoms with E-state index < -0.39 is 11.9 Å². The van der Waals surface area contributed by atoms with Gasteiger partial charge < -0.3 is 10.2 Å². The van der Waals surface area contributed by atoms with Crippen molar-refractivity contribution in [2.24, 2.45) is 0 Å². The van der Waals surface area contributed by atoms with E-state index in [2.05, 4.69) is 30.8 Å². The zero-order valence-electron chi connectivity index (χ0n) is 7.96. The summed E-state index contributed by atoms with van der Waals surface area (Å²) in [5.74, 6) is -2.14. The molecular formula is C6H6CuN6O4. The minimum Gasteiger partial charge on any atom is -0.476 e. The maximum Gasteiger partial charge on any atom is 0.358 e. The minimum absolute atomic E-state index is 0. The minimum atomic E-state index is -1.07. The molecule has 2 rings (SSSR count). The topological polar surface area (TPSA) is 158 Å². The third-order valence-electron chi connectivity index (χ3n) is 1.27. The number of H-pyrrole nitrogens is 2. The number of carboxylic acid groups (broad SMARTS) is 2. The van der Waals surface area contributed by atoms with E-state index in [4.69, 9.17) is 10.2 Å². The summed E-state index contributed by atoms with van der Waals surface area (Å²) in [6, 6.07) is 0. The number of rotatable bonds is 2. The van der Waals surface area contributed by atoms with Gasteiger partial charge in [-0.2, -0.15) is 20.6 Å². The fraction of sp³-hybridized carbons (Fsp3) is 0. The summed E-state index contributed by atoms with van der Waals surface area (Å²) in [5, 5.41) is 33.8. The molecule has 0 aliphatic carbocycles. The molecule has 4 N–H and O–H groups in total. The number of aromatic carboxylic acids is 2. The van der Waals surface area contributed by atoms with Gasteiger partial charge in [-0.3, -0.25) is 0 Å². The summed E-state index contributed by atoms with van der Waals surface area (Å²) >= 11 is 0. The second-order valence-corrected chi connectivity index (χ2v) is 2.32. The smallest absolute Gasteiger partial charge is 0.358 e. The van der Waals surface area contributed by atoms with Crippen molar-refractivity contribution in [3.63, 3.8) is 0 Å². The number of hydrogen-bond acceptors (Lipinski definition) is 6. The molecule has 0 atom stereocenters. The van der Waals surface area contributed by atoms with Gasteiger partial charge in [-0.05, 0) is 0 Å². The Morgan fingerprint density at radius 2 is 1.29 bits per heavy atom. The average molecular weight is 290 g/mol. The standard InChI is InChI=1S/2C3H3N3O2.Cu/c2*7-3(8)2-1-4-6-5-2;/h2*1H,(H,7,8)(H,4,5,6);. The summed E-state index contributed by atoms with van der Waals surface area (Å²) in [4.78, 5) is 19.9. The van der Waals surface area contributed by atoms with E-state index in [0.717, 1.165) is 12.4 Å². The van der Waals surface area contributed by atoms with Crippen LogP contribution in [0.4, 0.5) is 0 Å². The molecule has 0 amide bonds. The van der Waals surface area contributed by atoms with Gasteiger partial charge in [0.2, 0.25) is 0 Å². The normalized spacial score (nSPS) is 8.47. The summed E-state index contributed by atoms with van der Waals surface area (Å²) in [5.41, 5.74) is -0.130. The maximum atomic E-state index is 9.94. The maximum absolute atomic E-state index is 9.94. The number of nitrogens with zero attached hydrogens (tertiary/aromatic N) is 4. The van der Waals surface area contributed by atoms with E-state index in [0.29, 0.717) is 0 Å². The van der Waals surface area contributed by atoms with Crippen LogP contribution in [0.1, 0.15) is 21.0 Å². The van der Waals surface area contributed by atoms with Gasteiger partial charge in [-0.15, -0.1) is 10.2 Å². The van der Waals surface area contributed by atoms with Crippen LogP contribution < -0.4 is 0 Å². The van der Waals surface area contributed by atoms with E-state index in [1.165, 1.54) is 0 Å². The molecule has 11 heteroatoms. The molecule has 0 unspecified atom stereocenters. The average Bonchev–Trinajstić information content (AvgIpc) is 2.93. The molecule has 10 nitrogen and oxygen atoms in total. The Labute approximate surface area is 104 Å². The van der Waals surface area contributed by atoms with Crippen LogP contribution in [0.2, 0.25) is 0 Å². The molecule has 17 heavy (non-hydrogen) atoms. The van der Waals surface area contributed by atoms with Crippen LogP contribution in [-0.2, 0) is 17.1 Å². The molecule has 0 aliphatic heterocycles. The zero-order valence-corrected chi connectivity index (χ0v) is 8.90. The molecule has 2 heterocycles. The Morgan fingerprint density at radius 1 is 0.941 bits per heavy atom. The Hall–Kier alpha value is -2.26. The third-order valence-corrected chi connectivity index (χ3v) is 1.27. The number of nitrogens with one attached hydrogen (secondary N) is 2. The first-order valence-electron chi connectivity index (χ1n) is 3.79. The second kappa shape index (κ2) is 7.09. The van der Waals surface area contributed by atoms with Gasteiger partial charge in [0.05, 0.1) is 12.4 Å². The van der Waals surface area contributed by atoms with Crippen molar-refractivity contribution in [2.45, 2.75) is 0 Å². The molecule has 95 valence electrons. The first kappa shape index (κ1) is 14.7. The number of aromatic amines is 2. The molecule has 0 bridgehead atoms. The van der Waals surface area contributed by atoms with Gasteiger partial charge in [0.15, 0.2) is 11.4 Å². The predicted octanol–water partition coefficient (Wildman–Crippen LogP) is -0.997. The third kappa shape index (κ3) is 4.86. The van der Waals surface area contributed by atoms with Crippen LogP contribution in [0.3, 0.4) is 0 Å². The number of carboxylic acids is 2. The molecule has 0 fully saturated rings. The predicted molar refractivity (Wildman–Crippen MR) is 46.7 cm³/mol. The van der Waals surface area contributed by atoms with E-state index in [-0.39, 0.29) is 28.5 Å². The van der Waals surface area contributed by atoms with Crippen molar-refractivity contribution in [3.05, 3.63) is 23.8 Å². The first-order chi connectivity index (χ1) is 7.61. The Kier molecular flexibility index (Phi) is 6.14. The molecule has 1 radical (unpaired) electrons. The molecule has 0 saturated carbocycles. The molecular weight excluding hydrogens is 284 g/mol. The fourth-order valence-corrected chi connectivity index (χ4v) is 0.609. The SMILES string of the molecule is O=C(O)c1cn[nH]n1.O=C(O)c1cn[nH]n1.[Cu]. The van der Waals surface area contributed by atoms with Gasteiger partial charge in [0, 0.05) is 17.1 Å². The second-order valence-electron chi connectivity index (χ2n) is 2.32. The summed E-state index contributed by atoms with van der Waals surface area (Å²) in [6.07, 6.45) is 2.28. The molecule has 0 spiro atoms. The van der Waals surface area contributed by atoms with Crippen molar-refractivity contribution in [3.8, 4) is 0 Å². The van der Waals surface area contributed by atoms with Crippen LogP contribution in [0.25, 0.3) is 0 Å². The van der Waals surface area contributed by atoms with Gasteiger partial charge in [0.25, 0.3) is 0 Å². The van der Waals surface area contributed by atoms with Crippen molar-refractivity contribution in [2.75, 3.05) is 0 Å². The molecule has 0 saturated heterocycles. The summed E-state index contributed by atoms with van der Waals surface area (Å²) in [6.45, 7) is 0. The van der Waals surface area contributed by atoms with E-state index in [1.54, 1.807) is 0 Å². The van der Waals surface area contributed by atoms with Gasteiger partial charge in [-0.1, -0.05) is 0 Å².